The van der Waals surface area contributed by atoms with Gasteiger partial charge in [0.15, 0.2) is 0 Å². The number of fused-ring (bicyclic) bond motifs is 1. The van der Waals surface area contributed by atoms with Gasteiger partial charge in [0.1, 0.15) is 5.54 Å². The fourth-order valence-electron chi connectivity index (χ4n) is 1.90. The van der Waals surface area contributed by atoms with E-state index in [0.29, 0.717) is 6.54 Å². The molecule has 1 aromatic carbocycles. The molecule has 0 saturated heterocycles. The lowest BCUT2D eigenvalue weighted by Gasteiger charge is -2.39. The van der Waals surface area contributed by atoms with Crippen molar-refractivity contribution >= 4 is 17.3 Å². The molecule has 2 rings (SSSR count). The topological polar surface area (TPSA) is 32.3 Å². The van der Waals surface area contributed by atoms with E-state index in [9.17, 15) is 4.79 Å². The molecule has 1 N–H and O–H groups in total. The average molecular weight is 214 g/mol. The van der Waals surface area contributed by atoms with Gasteiger partial charge in [0, 0.05) is 0 Å². The van der Waals surface area contributed by atoms with Gasteiger partial charge in [-0.1, -0.05) is 18.1 Å². The van der Waals surface area contributed by atoms with Gasteiger partial charge in [-0.15, -0.1) is 6.42 Å². The number of rotatable bonds is 1. The molecule has 0 aliphatic carbocycles. The van der Waals surface area contributed by atoms with E-state index in [-0.39, 0.29) is 5.91 Å². The summed E-state index contributed by atoms with van der Waals surface area (Å²) >= 11 is 0. The van der Waals surface area contributed by atoms with Crippen LogP contribution in [0.5, 0.6) is 0 Å². The van der Waals surface area contributed by atoms with Gasteiger partial charge in [0.05, 0.1) is 17.9 Å². The maximum absolute atomic E-state index is 12.2. The van der Waals surface area contributed by atoms with E-state index < -0.39 is 5.54 Å². The van der Waals surface area contributed by atoms with Crippen LogP contribution in [-0.4, -0.2) is 18.0 Å². The Hall–Kier alpha value is -1.95. The van der Waals surface area contributed by atoms with Gasteiger partial charge in [-0.2, -0.15) is 0 Å². The van der Waals surface area contributed by atoms with Gasteiger partial charge in [-0.05, 0) is 26.0 Å². The van der Waals surface area contributed by atoms with Gasteiger partial charge in [-0.25, -0.2) is 0 Å². The standard InChI is InChI=1S/C13H14N2O/c1-4-9-15-11-8-6-5-7-10(11)14-13(2,3)12(15)16/h1,5-8,14H,9H2,2-3H3. The van der Waals surface area contributed by atoms with E-state index in [0.717, 1.165) is 11.4 Å². The molecule has 0 unspecified atom stereocenters. The number of hydrogen-bond donors (Lipinski definition) is 1. The number of nitrogens with zero attached hydrogens (tertiary/aromatic N) is 1. The maximum atomic E-state index is 12.2. The fraction of sp³-hybridized carbons (Fsp3) is 0.308. The number of para-hydroxylation sites is 2. The molecule has 0 radical (unpaired) electrons. The smallest absolute Gasteiger partial charge is 0.252 e. The van der Waals surface area contributed by atoms with Crippen molar-refractivity contribution in [2.75, 3.05) is 16.8 Å². The SMILES string of the molecule is C#CCN1C(=O)C(C)(C)Nc2ccccc21. The van der Waals surface area contributed by atoms with E-state index in [2.05, 4.69) is 11.2 Å². The lowest BCUT2D eigenvalue weighted by Crippen LogP contribution is -2.54. The largest absolute Gasteiger partial charge is 0.370 e. The summed E-state index contributed by atoms with van der Waals surface area (Å²) in [5, 5.41) is 3.21. The molecule has 1 aliphatic heterocycles. The molecule has 1 amide bonds. The second kappa shape index (κ2) is 3.57. The van der Waals surface area contributed by atoms with E-state index >= 15 is 0 Å². The van der Waals surface area contributed by atoms with Gasteiger partial charge in [0.2, 0.25) is 0 Å². The normalized spacial score (nSPS) is 17.3. The highest BCUT2D eigenvalue weighted by Gasteiger charge is 2.37. The van der Waals surface area contributed by atoms with Gasteiger partial charge in [-0.3, -0.25) is 9.69 Å². The Bertz CT molecular complexity index is 471. The molecule has 0 bridgehead atoms. The lowest BCUT2D eigenvalue weighted by atomic mass is 9.98. The van der Waals surface area contributed by atoms with Crippen molar-refractivity contribution in [2.45, 2.75) is 19.4 Å². The number of carbonyl (C=O) groups excluding carboxylic acids is 1. The summed E-state index contributed by atoms with van der Waals surface area (Å²) in [6.07, 6.45) is 5.30. The number of amides is 1. The molecule has 16 heavy (non-hydrogen) atoms. The minimum atomic E-state index is -0.606. The van der Waals surface area contributed by atoms with E-state index in [1.807, 2.05) is 38.1 Å². The molecule has 1 heterocycles. The summed E-state index contributed by atoms with van der Waals surface area (Å²) in [5.74, 6) is 2.53. The number of hydrogen-bond acceptors (Lipinski definition) is 2. The predicted molar refractivity (Wildman–Crippen MR) is 65.3 cm³/mol. The molecule has 1 aromatic rings. The summed E-state index contributed by atoms with van der Waals surface area (Å²) in [5.41, 5.74) is 1.19. The third-order valence-electron chi connectivity index (χ3n) is 2.67. The van der Waals surface area contributed by atoms with Gasteiger partial charge in [0.25, 0.3) is 5.91 Å². The van der Waals surface area contributed by atoms with Crippen molar-refractivity contribution in [1.29, 1.82) is 0 Å². The summed E-state index contributed by atoms with van der Waals surface area (Å²) < 4.78 is 0. The Labute approximate surface area is 95.5 Å². The van der Waals surface area contributed by atoms with Gasteiger partial charge >= 0.3 is 0 Å². The van der Waals surface area contributed by atoms with Crippen molar-refractivity contribution in [1.82, 2.24) is 0 Å². The summed E-state index contributed by atoms with van der Waals surface area (Å²) in [6.45, 7) is 4.02. The third kappa shape index (κ3) is 1.53. The van der Waals surface area contributed by atoms with Crippen LogP contribution in [0, 0.1) is 12.3 Å². The first kappa shape index (κ1) is 10.6. The lowest BCUT2D eigenvalue weighted by molar-refractivity contribution is -0.122. The molecule has 0 fully saturated rings. The van der Waals surface area contributed by atoms with Crippen LogP contribution in [0.4, 0.5) is 11.4 Å². The van der Waals surface area contributed by atoms with E-state index in [1.54, 1.807) is 4.90 Å². The maximum Gasteiger partial charge on any atom is 0.252 e. The zero-order valence-electron chi connectivity index (χ0n) is 9.45. The minimum absolute atomic E-state index is 0.00384. The Morgan fingerprint density at radius 3 is 2.81 bits per heavy atom. The van der Waals surface area contributed by atoms with E-state index in [4.69, 9.17) is 6.42 Å². The van der Waals surface area contributed by atoms with Crippen LogP contribution >= 0.6 is 0 Å². The molecular weight excluding hydrogens is 200 g/mol. The Morgan fingerprint density at radius 2 is 2.12 bits per heavy atom. The van der Waals surface area contributed by atoms with Crippen molar-refractivity contribution in [3.8, 4) is 12.3 Å². The molecule has 0 atom stereocenters. The van der Waals surface area contributed by atoms with Crippen LogP contribution < -0.4 is 10.2 Å². The predicted octanol–water partition coefficient (Wildman–Crippen LogP) is 1.86. The zero-order chi connectivity index (χ0) is 11.8. The number of nitrogens with one attached hydrogen (secondary N) is 1. The average Bonchev–Trinajstić information content (AvgIpc) is 2.24. The number of carbonyl (C=O) groups is 1. The van der Waals surface area contributed by atoms with Crippen LogP contribution in [0.25, 0.3) is 0 Å². The van der Waals surface area contributed by atoms with Crippen LogP contribution in [0.3, 0.4) is 0 Å². The molecule has 0 saturated carbocycles. The Balaban J connectivity index is 2.52. The van der Waals surface area contributed by atoms with Crippen molar-refractivity contribution < 1.29 is 4.79 Å². The third-order valence-corrected chi connectivity index (χ3v) is 2.67. The number of benzene rings is 1. The highest BCUT2D eigenvalue weighted by molar-refractivity contribution is 6.07. The Kier molecular flexibility index (Phi) is 2.35. The zero-order valence-corrected chi connectivity index (χ0v) is 9.45. The van der Waals surface area contributed by atoms with E-state index in [1.165, 1.54) is 0 Å². The molecule has 82 valence electrons. The first-order valence-electron chi connectivity index (χ1n) is 5.19. The van der Waals surface area contributed by atoms with Gasteiger partial charge < -0.3 is 5.32 Å². The summed E-state index contributed by atoms with van der Waals surface area (Å²) in [6, 6.07) is 7.68. The first-order valence-corrected chi connectivity index (χ1v) is 5.19. The molecule has 0 spiro atoms. The van der Waals surface area contributed by atoms with Crippen LogP contribution in [0.2, 0.25) is 0 Å². The minimum Gasteiger partial charge on any atom is -0.370 e. The quantitative estimate of drug-likeness (QED) is 0.724. The highest BCUT2D eigenvalue weighted by Crippen LogP contribution is 2.34. The fourth-order valence-corrected chi connectivity index (χ4v) is 1.90. The highest BCUT2D eigenvalue weighted by atomic mass is 16.2. The Morgan fingerprint density at radius 1 is 1.44 bits per heavy atom. The van der Waals surface area contributed by atoms with Crippen molar-refractivity contribution in [3.05, 3.63) is 24.3 Å². The number of anilines is 2. The molecule has 3 heteroatoms. The molecule has 3 nitrogen and oxygen atoms in total. The molecular formula is C13H14N2O. The van der Waals surface area contributed by atoms with Crippen LogP contribution in [-0.2, 0) is 4.79 Å². The van der Waals surface area contributed by atoms with Crippen molar-refractivity contribution in [3.63, 3.8) is 0 Å². The summed E-state index contributed by atoms with van der Waals surface area (Å²) in [4.78, 5) is 13.8. The summed E-state index contributed by atoms with van der Waals surface area (Å²) in [7, 11) is 0. The van der Waals surface area contributed by atoms with Crippen molar-refractivity contribution in [2.24, 2.45) is 0 Å². The van der Waals surface area contributed by atoms with Crippen LogP contribution in [0.1, 0.15) is 13.8 Å². The first-order chi connectivity index (χ1) is 7.56. The molecule has 0 aromatic heterocycles. The van der Waals surface area contributed by atoms with Crippen LogP contribution in [0.15, 0.2) is 24.3 Å². The second-order valence-electron chi connectivity index (χ2n) is 4.36. The number of terminal acetylenes is 1. The monoisotopic (exact) mass is 214 g/mol. The second-order valence-corrected chi connectivity index (χ2v) is 4.36. The molecule has 1 aliphatic rings.